The molecule has 0 spiro atoms. The number of hydrogen-bond acceptors (Lipinski definition) is 5. The zero-order valence-corrected chi connectivity index (χ0v) is 10.3. The Labute approximate surface area is 101 Å². The lowest BCUT2D eigenvalue weighted by Crippen LogP contribution is -2.33. The molecule has 17 heavy (non-hydrogen) atoms. The fraction of sp³-hybridized carbons (Fsp3) is 0.600. The van der Waals surface area contributed by atoms with Crippen LogP contribution in [0.5, 0.6) is 0 Å². The smallest absolute Gasteiger partial charge is 0.233 e. The summed E-state index contributed by atoms with van der Waals surface area (Å²) in [4.78, 5) is 7.54. The van der Waals surface area contributed by atoms with Gasteiger partial charge in [0.05, 0.1) is 23.8 Å². The Balaban J connectivity index is 1.94. The highest BCUT2D eigenvalue weighted by Crippen LogP contribution is 2.15. The van der Waals surface area contributed by atoms with Crippen molar-refractivity contribution in [3.05, 3.63) is 18.7 Å². The highest BCUT2D eigenvalue weighted by Gasteiger charge is 2.21. The number of hydrogen-bond donors (Lipinski definition) is 2. The molecule has 0 unspecified atom stereocenters. The second kappa shape index (κ2) is 5.42. The maximum atomic E-state index is 11.9. The lowest BCUT2D eigenvalue weighted by atomic mass is 10.0. The lowest BCUT2D eigenvalue weighted by Gasteiger charge is -2.22. The van der Waals surface area contributed by atoms with Crippen LogP contribution in [0.4, 0.5) is 5.69 Å². The quantitative estimate of drug-likeness (QED) is 0.805. The third kappa shape index (κ3) is 3.94. The van der Waals surface area contributed by atoms with E-state index in [1.165, 1.54) is 18.7 Å². The summed E-state index contributed by atoms with van der Waals surface area (Å²) in [5.41, 5.74) is 0.418. The second-order valence-electron chi connectivity index (χ2n) is 4.20. The minimum Gasteiger partial charge on any atom is -0.317 e. The van der Waals surface area contributed by atoms with Crippen LogP contribution < -0.4 is 10.0 Å². The Kier molecular flexibility index (Phi) is 3.90. The maximum Gasteiger partial charge on any atom is 0.233 e. The lowest BCUT2D eigenvalue weighted by molar-refractivity contribution is 0.402. The number of nitrogens with zero attached hydrogens (tertiary/aromatic N) is 2. The first-order valence-electron chi connectivity index (χ1n) is 5.62. The Bertz CT molecular complexity index is 443. The van der Waals surface area contributed by atoms with E-state index in [2.05, 4.69) is 20.0 Å². The van der Waals surface area contributed by atoms with Gasteiger partial charge in [0.1, 0.15) is 6.33 Å². The van der Waals surface area contributed by atoms with Crippen LogP contribution in [0.1, 0.15) is 12.8 Å². The molecule has 0 aliphatic carbocycles. The number of nitrogens with one attached hydrogen (secondary N) is 2. The third-order valence-corrected chi connectivity index (χ3v) is 4.20. The Morgan fingerprint density at radius 2 is 1.94 bits per heavy atom. The van der Waals surface area contributed by atoms with Gasteiger partial charge in [0.15, 0.2) is 0 Å². The number of rotatable bonds is 4. The van der Waals surface area contributed by atoms with Crippen LogP contribution in [-0.4, -0.2) is 37.2 Å². The van der Waals surface area contributed by atoms with Gasteiger partial charge in [-0.05, 0) is 31.8 Å². The van der Waals surface area contributed by atoms with E-state index in [0.717, 1.165) is 25.9 Å². The average Bonchev–Trinajstić information content (AvgIpc) is 2.30. The van der Waals surface area contributed by atoms with Gasteiger partial charge in [0, 0.05) is 0 Å². The molecular weight excluding hydrogens is 240 g/mol. The number of aromatic nitrogens is 2. The van der Waals surface area contributed by atoms with Crippen molar-refractivity contribution in [1.82, 2.24) is 15.3 Å². The van der Waals surface area contributed by atoms with Crippen LogP contribution >= 0.6 is 0 Å². The molecule has 0 aromatic carbocycles. The molecule has 2 N–H and O–H groups in total. The summed E-state index contributed by atoms with van der Waals surface area (Å²) in [6, 6.07) is 0. The van der Waals surface area contributed by atoms with Crippen molar-refractivity contribution in [3.8, 4) is 0 Å². The molecule has 0 amide bonds. The maximum absolute atomic E-state index is 11.9. The largest absolute Gasteiger partial charge is 0.317 e. The normalized spacial score (nSPS) is 17.9. The standard InChI is InChI=1S/C10H16N4O2S/c15-17(16,7-9-1-3-11-4-2-9)14-10-5-12-8-13-6-10/h5-6,8-9,11,14H,1-4,7H2. The number of piperidine rings is 1. The number of sulfonamides is 1. The molecule has 1 aliphatic rings. The molecule has 2 heterocycles. The molecule has 6 nitrogen and oxygen atoms in total. The topological polar surface area (TPSA) is 84.0 Å². The Hall–Kier alpha value is -1.21. The van der Waals surface area contributed by atoms with Gasteiger partial charge in [-0.3, -0.25) is 4.72 Å². The molecule has 0 atom stereocenters. The molecule has 7 heteroatoms. The van der Waals surface area contributed by atoms with Crippen molar-refractivity contribution in [2.45, 2.75) is 12.8 Å². The minimum atomic E-state index is -3.29. The predicted octanol–water partition coefficient (Wildman–Crippen LogP) is 0.218. The summed E-state index contributed by atoms with van der Waals surface area (Å²) in [6.45, 7) is 1.79. The molecular formula is C10H16N4O2S. The van der Waals surface area contributed by atoms with Crippen molar-refractivity contribution in [2.24, 2.45) is 5.92 Å². The molecule has 1 aromatic rings. The van der Waals surface area contributed by atoms with Gasteiger partial charge in [0.2, 0.25) is 10.0 Å². The summed E-state index contributed by atoms with van der Waals surface area (Å²) in [7, 11) is -3.29. The van der Waals surface area contributed by atoms with Crippen LogP contribution in [-0.2, 0) is 10.0 Å². The van der Waals surface area contributed by atoms with E-state index in [9.17, 15) is 8.42 Å². The van der Waals surface area contributed by atoms with Gasteiger partial charge in [-0.15, -0.1) is 0 Å². The van der Waals surface area contributed by atoms with Gasteiger partial charge in [-0.1, -0.05) is 0 Å². The zero-order valence-electron chi connectivity index (χ0n) is 9.46. The molecule has 1 saturated heterocycles. The predicted molar refractivity (Wildman–Crippen MR) is 65.0 cm³/mol. The van der Waals surface area contributed by atoms with Crippen molar-refractivity contribution >= 4 is 15.7 Å². The first kappa shape index (κ1) is 12.3. The monoisotopic (exact) mass is 256 g/mol. The van der Waals surface area contributed by atoms with Crippen molar-refractivity contribution < 1.29 is 8.42 Å². The average molecular weight is 256 g/mol. The Morgan fingerprint density at radius 3 is 2.59 bits per heavy atom. The molecule has 2 rings (SSSR count). The third-order valence-electron chi connectivity index (χ3n) is 2.75. The SMILES string of the molecule is O=S(=O)(CC1CCNCC1)Nc1cncnc1. The van der Waals surface area contributed by atoms with Crippen LogP contribution in [0.2, 0.25) is 0 Å². The van der Waals surface area contributed by atoms with Gasteiger partial charge < -0.3 is 5.32 Å². The Morgan fingerprint density at radius 1 is 1.29 bits per heavy atom. The van der Waals surface area contributed by atoms with Crippen LogP contribution in [0, 0.1) is 5.92 Å². The van der Waals surface area contributed by atoms with E-state index in [1.807, 2.05) is 0 Å². The van der Waals surface area contributed by atoms with Crippen molar-refractivity contribution in [1.29, 1.82) is 0 Å². The first-order valence-corrected chi connectivity index (χ1v) is 7.27. The molecule has 94 valence electrons. The number of anilines is 1. The minimum absolute atomic E-state index is 0.170. The van der Waals surface area contributed by atoms with E-state index < -0.39 is 10.0 Å². The van der Waals surface area contributed by atoms with E-state index in [1.54, 1.807) is 0 Å². The van der Waals surface area contributed by atoms with E-state index in [0.29, 0.717) is 5.69 Å². The van der Waals surface area contributed by atoms with E-state index in [-0.39, 0.29) is 11.7 Å². The summed E-state index contributed by atoms with van der Waals surface area (Å²) < 4.78 is 26.3. The van der Waals surface area contributed by atoms with Crippen LogP contribution in [0.15, 0.2) is 18.7 Å². The van der Waals surface area contributed by atoms with E-state index in [4.69, 9.17) is 0 Å². The van der Waals surface area contributed by atoms with E-state index >= 15 is 0 Å². The fourth-order valence-corrected chi connectivity index (χ4v) is 3.43. The molecule has 1 aromatic heterocycles. The zero-order chi connectivity index (χ0) is 12.1. The summed E-state index contributed by atoms with van der Waals surface area (Å²) in [5, 5.41) is 3.21. The summed E-state index contributed by atoms with van der Waals surface area (Å²) >= 11 is 0. The molecule has 0 bridgehead atoms. The molecule has 0 saturated carbocycles. The van der Waals surface area contributed by atoms with Crippen LogP contribution in [0.25, 0.3) is 0 Å². The highest BCUT2D eigenvalue weighted by atomic mass is 32.2. The van der Waals surface area contributed by atoms with Gasteiger partial charge in [-0.2, -0.15) is 0 Å². The second-order valence-corrected chi connectivity index (χ2v) is 5.97. The van der Waals surface area contributed by atoms with Crippen molar-refractivity contribution in [3.63, 3.8) is 0 Å². The molecule has 1 fully saturated rings. The fourth-order valence-electron chi connectivity index (χ4n) is 1.93. The molecule has 1 aliphatic heterocycles. The van der Waals surface area contributed by atoms with Gasteiger partial charge >= 0.3 is 0 Å². The molecule has 0 radical (unpaired) electrons. The summed E-state index contributed by atoms with van der Waals surface area (Å²) in [6.07, 6.45) is 6.09. The van der Waals surface area contributed by atoms with Crippen molar-refractivity contribution in [2.75, 3.05) is 23.6 Å². The highest BCUT2D eigenvalue weighted by molar-refractivity contribution is 7.92. The van der Waals surface area contributed by atoms with Gasteiger partial charge in [0.25, 0.3) is 0 Å². The van der Waals surface area contributed by atoms with Gasteiger partial charge in [-0.25, -0.2) is 18.4 Å². The van der Waals surface area contributed by atoms with Crippen LogP contribution in [0.3, 0.4) is 0 Å². The summed E-state index contributed by atoms with van der Waals surface area (Å²) in [5.74, 6) is 0.405. The first-order chi connectivity index (χ1) is 8.16.